The van der Waals surface area contributed by atoms with Gasteiger partial charge in [0.1, 0.15) is 5.82 Å². The molecule has 26 heavy (non-hydrogen) atoms. The minimum Gasteiger partial charge on any atom is -0.346 e. The van der Waals surface area contributed by atoms with Crippen LogP contribution in [0, 0.1) is 5.41 Å². The van der Waals surface area contributed by atoms with Gasteiger partial charge in [0.25, 0.3) is 0 Å². The van der Waals surface area contributed by atoms with Crippen molar-refractivity contribution in [3.05, 3.63) is 66.0 Å². The van der Waals surface area contributed by atoms with Crippen molar-refractivity contribution in [2.24, 2.45) is 5.41 Å². The van der Waals surface area contributed by atoms with Crippen LogP contribution in [0.2, 0.25) is 0 Å². The maximum absolute atomic E-state index is 12.4. The van der Waals surface area contributed by atoms with Crippen LogP contribution in [0.4, 0.5) is 0 Å². The van der Waals surface area contributed by atoms with Crippen LogP contribution < -0.4 is 5.32 Å². The van der Waals surface area contributed by atoms with Gasteiger partial charge in [0.05, 0.1) is 17.1 Å². The lowest BCUT2D eigenvalue weighted by Gasteiger charge is -2.22. The first-order valence-corrected chi connectivity index (χ1v) is 9.16. The summed E-state index contributed by atoms with van der Waals surface area (Å²) in [6.07, 6.45) is 0.925. The molecule has 0 spiro atoms. The van der Waals surface area contributed by atoms with Crippen LogP contribution >= 0.6 is 0 Å². The minimum absolute atomic E-state index is 0.0339. The maximum Gasteiger partial charge on any atom is 0.225 e. The first-order valence-electron chi connectivity index (χ1n) is 9.16. The average Bonchev–Trinajstić information content (AvgIpc) is 2.99. The monoisotopic (exact) mass is 349 g/mol. The molecule has 4 nitrogen and oxygen atoms in total. The summed E-state index contributed by atoms with van der Waals surface area (Å²) in [5.41, 5.74) is 2.94. The largest absolute Gasteiger partial charge is 0.346 e. The number of imidazole rings is 1. The molecule has 0 bridgehead atoms. The van der Waals surface area contributed by atoms with E-state index in [1.807, 2.05) is 52.0 Å². The van der Waals surface area contributed by atoms with Crippen LogP contribution in [0.15, 0.2) is 54.6 Å². The van der Waals surface area contributed by atoms with Gasteiger partial charge in [-0.15, -0.1) is 0 Å². The molecule has 3 aromatic rings. The zero-order valence-electron chi connectivity index (χ0n) is 16.0. The van der Waals surface area contributed by atoms with E-state index in [9.17, 15) is 4.79 Å². The average molecular weight is 349 g/mol. The Labute approximate surface area is 155 Å². The number of aromatic nitrogens is 2. The van der Waals surface area contributed by atoms with Crippen molar-refractivity contribution in [3.63, 3.8) is 0 Å². The molecule has 2 aromatic carbocycles. The fourth-order valence-corrected chi connectivity index (χ4v) is 3.02. The number of fused-ring (bicyclic) bond motifs is 1. The molecule has 0 aliphatic rings. The molecule has 4 heteroatoms. The van der Waals surface area contributed by atoms with E-state index in [4.69, 9.17) is 4.98 Å². The van der Waals surface area contributed by atoms with Crippen molar-refractivity contribution in [1.82, 2.24) is 14.9 Å². The van der Waals surface area contributed by atoms with Gasteiger partial charge >= 0.3 is 0 Å². The first kappa shape index (κ1) is 18.2. The highest BCUT2D eigenvalue weighted by molar-refractivity contribution is 5.82. The Morgan fingerprint density at radius 3 is 2.42 bits per heavy atom. The molecule has 0 saturated carbocycles. The second kappa shape index (κ2) is 7.32. The Bertz CT molecular complexity index is 891. The molecule has 3 rings (SSSR count). The molecular formula is C22H27N3O. The van der Waals surface area contributed by atoms with Gasteiger partial charge in [-0.2, -0.15) is 0 Å². The Kier molecular flexibility index (Phi) is 5.12. The van der Waals surface area contributed by atoms with Gasteiger partial charge in [-0.05, 0) is 31.0 Å². The molecule has 0 fully saturated rings. The molecule has 1 amide bonds. The van der Waals surface area contributed by atoms with Gasteiger partial charge < -0.3 is 9.88 Å². The normalized spacial score (nSPS) is 12.9. The Hall–Kier alpha value is -2.62. The maximum atomic E-state index is 12.4. The first-order chi connectivity index (χ1) is 12.4. The molecule has 1 aromatic heterocycles. The molecular weight excluding hydrogens is 322 g/mol. The highest BCUT2D eigenvalue weighted by Crippen LogP contribution is 2.23. The number of carbonyl (C=O) groups excluding carboxylic acids is 1. The number of para-hydroxylation sites is 2. The van der Waals surface area contributed by atoms with E-state index in [2.05, 4.69) is 40.2 Å². The van der Waals surface area contributed by atoms with Crippen LogP contribution in [0.1, 0.15) is 45.1 Å². The number of carbonyl (C=O) groups is 1. The molecule has 1 unspecified atom stereocenters. The fourth-order valence-electron chi connectivity index (χ4n) is 3.02. The molecule has 0 aliphatic heterocycles. The lowest BCUT2D eigenvalue weighted by molar-refractivity contribution is -0.129. The third-order valence-corrected chi connectivity index (χ3v) is 4.57. The van der Waals surface area contributed by atoms with Crippen molar-refractivity contribution in [3.8, 4) is 0 Å². The molecule has 0 radical (unpaired) electrons. The number of nitrogens with one attached hydrogen (secondary N) is 1. The Morgan fingerprint density at radius 2 is 1.73 bits per heavy atom. The summed E-state index contributed by atoms with van der Waals surface area (Å²) in [7, 11) is 0. The van der Waals surface area contributed by atoms with Crippen molar-refractivity contribution >= 4 is 16.9 Å². The summed E-state index contributed by atoms with van der Waals surface area (Å²) < 4.78 is 2.23. The fraction of sp³-hybridized carbons (Fsp3) is 0.364. The van der Waals surface area contributed by atoms with E-state index in [0.29, 0.717) is 0 Å². The zero-order valence-corrected chi connectivity index (χ0v) is 16.0. The lowest BCUT2D eigenvalue weighted by Crippen LogP contribution is -2.37. The van der Waals surface area contributed by atoms with E-state index in [0.717, 1.165) is 29.8 Å². The molecule has 136 valence electrons. The van der Waals surface area contributed by atoms with Crippen molar-refractivity contribution in [1.29, 1.82) is 0 Å². The standard InChI is InChI=1S/C22H27N3O/c1-16(23-21(26)22(2,3)4)20-24-18-12-8-9-13-19(18)25(20)15-14-17-10-6-5-7-11-17/h5-13,16H,14-15H2,1-4H3,(H,23,26). The lowest BCUT2D eigenvalue weighted by atomic mass is 9.95. The van der Waals surface area contributed by atoms with E-state index in [1.54, 1.807) is 0 Å². The predicted octanol–water partition coefficient (Wildman–Crippen LogP) is 4.50. The second-order valence-corrected chi connectivity index (χ2v) is 7.79. The molecule has 1 heterocycles. The third kappa shape index (κ3) is 3.96. The predicted molar refractivity (Wildman–Crippen MR) is 106 cm³/mol. The smallest absolute Gasteiger partial charge is 0.225 e. The number of rotatable bonds is 5. The van der Waals surface area contributed by atoms with Crippen molar-refractivity contribution in [2.75, 3.05) is 0 Å². The Morgan fingerprint density at radius 1 is 1.08 bits per heavy atom. The van der Waals surface area contributed by atoms with Gasteiger partial charge in [-0.3, -0.25) is 4.79 Å². The minimum atomic E-state index is -0.421. The van der Waals surface area contributed by atoms with Crippen molar-refractivity contribution in [2.45, 2.75) is 46.7 Å². The van der Waals surface area contributed by atoms with Gasteiger partial charge in [0, 0.05) is 12.0 Å². The summed E-state index contributed by atoms with van der Waals surface area (Å²) in [5, 5.41) is 3.11. The van der Waals surface area contributed by atoms with Gasteiger partial charge in [0.2, 0.25) is 5.91 Å². The molecule has 0 aliphatic carbocycles. The van der Waals surface area contributed by atoms with E-state index >= 15 is 0 Å². The molecule has 1 N–H and O–H groups in total. The van der Waals surface area contributed by atoms with Gasteiger partial charge in [0.15, 0.2) is 0 Å². The summed E-state index contributed by atoms with van der Waals surface area (Å²) in [5.74, 6) is 0.936. The number of amides is 1. The van der Waals surface area contributed by atoms with E-state index < -0.39 is 5.41 Å². The van der Waals surface area contributed by atoms with E-state index in [-0.39, 0.29) is 11.9 Å². The summed E-state index contributed by atoms with van der Waals surface area (Å²) in [4.78, 5) is 17.2. The quantitative estimate of drug-likeness (QED) is 0.737. The van der Waals surface area contributed by atoms with Crippen LogP contribution in [0.5, 0.6) is 0 Å². The summed E-state index contributed by atoms with van der Waals surface area (Å²) in [6.45, 7) is 8.60. The van der Waals surface area contributed by atoms with E-state index in [1.165, 1.54) is 5.56 Å². The Balaban J connectivity index is 1.90. The van der Waals surface area contributed by atoms with Crippen molar-refractivity contribution < 1.29 is 4.79 Å². The summed E-state index contributed by atoms with van der Waals surface area (Å²) in [6, 6.07) is 18.4. The van der Waals surface area contributed by atoms with Gasteiger partial charge in [-0.25, -0.2) is 4.98 Å². The van der Waals surface area contributed by atoms with Crippen LogP contribution in [-0.4, -0.2) is 15.5 Å². The second-order valence-electron chi connectivity index (χ2n) is 7.79. The van der Waals surface area contributed by atoms with Crippen LogP contribution in [0.25, 0.3) is 11.0 Å². The number of benzene rings is 2. The number of hydrogen-bond acceptors (Lipinski definition) is 2. The third-order valence-electron chi connectivity index (χ3n) is 4.57. The topological polar surface area (TPSA) is 46.9 Å². The van der Waals surface area contributed by atoms with Gasteiger partial charge in [-0.1, -0.05) is 63.2 Å². The number of aryl methyl sites for hydroxylation is 2. The SMILES string of the molecule is CC(NC(=O)C(C)(C)C)c1nc2ccccc2n1CCc1ccccc1. The molecule has 0 saturated heterocycles. The molecule has 1 atom stereocenters. The number of nitrogens with zero attached hydrogens (tertiary/aromatic N) is 2. The number of hydrogen-bond donors (Lipinski definition) is 1. The highest BCUT2D eigenvalue weighted by atomic mass is 16.2. The highest BCUT2D eigenvalue weighted by Gasteiger charge is 2.25. The van der Waals surface area contributed by atoms with Crippen LogP contribution in [0.3, 0.4) is 0 Å². The van der Waals surface area contributed by atoms with Crippen LogP contribution in [-0.2, 0) is 17.8 Å². The summed E-state index contributed by atoms with van der Waals surface area (Å²) >= 11 is 0. The zero-order chi connectivity index (χ0) is 18.7.